The van der Waals surface area contributed by atoms with Gasteiger partial charge in [-0.25, -0.2) is 0 Å². The van der Waals surface area contributed by atoms with Crippen LogP contribution in [0.2, 0.25) is 0 Å². The molecule has 0 amide bonds. The first kappa shape index (κ1) is 7.87. The van der Waals surface area contributed by atoms with E-state index in [4.69, 9.17) is 4.42 Å². The summed E-state index contributed by atoms with van der Waals surface area (Å²) in [6.45, 7) is 4.31. The summed E-state index contributed by atoms with van der Waals surface area (Å²) in [7, 11) is 0. The minimum absolute atomic E-state index is 0.171. The summed E-state index contributed by atoms with van der Waals surface area (Å²) < 4.78 is 5.30. The quantitative estimate of drug-likeness (QED) is 0.641. The lowest BCUT2D eigenvalue weighted by molar-refractivity contribution is 0.0933. The molecule has 1 aliphatic carbocycles. The van der Waals surface area contributed by atoms with Crippen molar-refractivity contribution in [2.75, 3.05) is 0 Å². The van der Waals surface area contributed by atoms with Crippen molar-refractivity contribution in [3.8, 4) is 0 Å². The van der Waals surface area contributed by atoms with Gasteiger partial charge in [0.25, 0.3) is 0 Å². The number of aliphatic hydroxyl groups is 1. The smallest absolute Gasteiger partial charge is 0.110 e. The van der Waals surface area contributed by atoms with Gasteiger partial charge in [0, 0.05) is 12.0 Å². The van der Waals surface area contributed by atoms with Gasteiger partial charge in [-0.15, -0.1) is 0 Å². The van der Waals surface area contributed by atoms with Crippen LogP contribution in [-0.2, 0) is 6.42 Å². The fourth-order valence-corrected chi connectivity index (χ4v) is 1.93. The maximum Gasteiger partial charge on any atom is 0.110 e. The molecule has 1 aromatic heterocycles. The van der Waals surface area contributed by atoms with Gasteiger partial charge >= 0.3 is 0 Å². The normalized spacial score (nSPS) is 26.8. The second-order valence-electron chi connectivity index (χ2n) is 4.36. The third-order valence-electron chi connectivity index (χ3n) is 2.52. The number of hydrogen-bond acceptors (Lipinski definition) is 2. The lowest BCUT2D eigenvalue weighted by Crippen LogP contribution is -2.24. The zero-order chi connectivity index (χ0) is 8.77. The van der Waals surface area contributed by atoms with Crippen molar-refractivity contribution in [3.05, 3.63) is 23.7 Å². The Balaban J connectivity index is 2.38. The molecule has 0 fully saturated rings. The van der Waals surface area contributed by atoms with Crippen LogP contribution in [0.15, 0.2) is 16.7 Å². The first-order valence-electron chi connectivity index (χ1n) is 4.33. The topological polar surface area (TPSA) is 33.4 Å². The number of hydrogen-bond donors (Lipinski definition) is 1. The monoisotopic (exact) mass is 166 g/mol. The Labute approximate surface area is 72.2 Å². The molecule has 1 aliphatic rings. The van der Waals surface area contributed by atoms with Crippen molar-refractivity contribution in [1.82, 2.24) is 0 Å². The number of fused-ring (bicyclic) bond motifs is 1. The maximum atomic E-state index is 9.73. The van der Waals surface area contributed by atoms with Crippen LogP contribution >= 0.6 is 0 Å². The van der Waals surface area contributed by atoms with Gasteiger partial charge in [-0.1, -0.05) is 13.8 Å². The molecule has 0 aliphatic heterocycles. The van der Waals surface area contributed by atoms with Gasteiger partial charge in [-0.05, 0) is 17.9 Å². The molecule has 0 aromatic carbocycles. The van der Waals surface area contributed by atoms with E-state index in [0.717, 1.165) is 24.2 Å². The van der Waals surface area contributed by atoms with Crippen LogP contribution in [0.5, 0.6) is 0 Å². The van der Waals surface area contributed by atoms with Gasteiger partial charge < -0.3 is 9.52 Å². The molecule has 66 valence electrons. The van der Waals surface area contributed by atoms with Gasteiger partial charge in [-0.2, -0.15) is 0 Å². The average molecular weight is 166 g/mol. The fraction of sp³-hybridized carbons (Fsp3) is 0.600. The molecule has 0 spiro atoms. The van der Waals surface area contributed by atoms with Gasteiger partial charge in [0.2, 0.25) is 0 Å². The highest BCUT2D eigenvalue weighted by Gasteiger charge is 2.32. The summed E-state index contributed by atoms with van der Waals surface area (Å²) in [4.78, 5) is 0. The van der Waals surface area contributed by atoms with Crippen LogP contribution in [0, 0.1) is 5.41 Å². The van der Waals surface area contributed by atoms with Crippen molar-refractivity contribution in [1.29, 1.82) is 0 Å². The van der Waals surface area contributed by atoms with E-state index in [1.165, 1.54) is 0 Å². The third kappa shape index (κ3) is 1.16. The number of rotatable bonds is 0. The van der Waals surface area contributed by atoms with Crippen LogP contribution in [0.4, 0.5) is 0 Å². The first-order chi connectivity index (χ1) is 5.58. The Morgan fingerprint density at radius 3 is 3.08 bits per heavy atom. The van der Waals surface area contributed by atoms with Crippen LogP contribution in [0.3, 0.4) is 0 Å². The minimum atomic E-state index is -0.331. The molecule has 1 N–H and O–H groups in total. The third-order valence-corrected chi connectivity index (χ3v) is 2.52. The van der Waals surface area contributed by atoms with Crippen LogP contribution in [0.1, 0.15) is 37.7 Å². The molecule has 12 heavy (non-hydrogen) atoms. The molecule has 0 saturated carbocycles. The van der Waals surface area contributed by atoms with Gasteiger partial charge in [0.15, 0.2) is 0 Å². The Hall–Kier alpha value is -0.760. The Bertz CT molecular complexity index is 286. The predicted octanol–water partition coefficient (Wildman–Crippen LogP) is 2.29. The molecule has 2 heteroatoms. The van der Waals surface area contributed by atoms with Crippen molar-refractivity contribution < 1.29 is 9.52 Å². The molecule has 2 rings (SSSR count). The minimum Gasteiger partial charge on any atom is -0.469 e. The molecule has 0 saturated heterocycles. The van der Waals surface area contributed by atoms with Gasteiger partial charge in [0.05, 0.1) is 12.4 Å². The van der Waals surface area contributed by atoms with Crippen molar-refractivity contribution in [3.63, 3.8) is 0 Å². The molecular formula is C10H14O2. The first-order valence-corrected chi connectivity index (χ1v) is 4.33. The fourth-order valence-electron chi connectivity index (χ4n) is 1.93. The van der Waals surface area contributed by atoms with E-state index in [1.54, 1.807) is 6.26 Å². The van der Waals surface area contributed by atoms with Crippen LogP contribution in [0.25, 0.3) is 0 Å². The highest BCUT2D eigenvalue weighted by atomic mass is 16.3. The lowest BCUT2D eigenvalue weighted by Gasteiger charge is -2.31. The van der Waals surface area contributed by atoms with E-state index in [-0.39, 0.29) is 11.5 Å². The van der Waals surface area contributed by atoms with E-state index in [9.17, 15) is 5.11 Å². The summed E-state index contributed by atoms with van der Waals surface area (Å²) in [5, 5.41) is 9.73. The van der Waals surface area contributed by atoms with Crippen molar-refractivity contribution >= 4 is 0 Å². The zero-order valence-electron chi connectivity index (χ0n) is 7.50. The summed E-state index contributed by atoms with van der Waals surface area (Å²) >= 11 is 0. The summed E-state index contributed by atoms with van der Waals surface area (Å²) in [6, 6.07) is 1.87. The predicted molar refractivity (Wildman–Crippen MR) is 45.8 cm³/mol. The van der Waals surface area contributed by atoms with Gasteiger partial charge in [-0.3, -0.25) is 0 Å². The molecule has 0 bridgehead atoms. The molecule has 1 atom stereocenters. The van der Waals surface area contributed by atoms with E-state index >= 15 is 0 Å². The summed E-state index contributed by atoms with van der Waals surface area (Å²) in [5.41, 5.74) is 1.15. The van der Waals surface area contributed by atoms with E-state index in [2.05, 4.69) is 13.8 Å². The van der Waals surface area contributed by atoms with E-state index in [0.29, 0.717) is 0 Å². The second kappa shape index (κ2) is 2.36. The lowest BCUT2D eigenvalue weighted by atomic mass is 9.76. The van der Waals surface area contributed by atoms with Crippen LogP contribution < -0.4 is 0 Å². The van der Waals surface area contributed by atoms with Gasteiger partial charge in [0.1, 0.15) is 5.76 Å². The summed E-state index contributed by atoms with van der Waals surface area (Å²) in [6.07, 6.45) is 3.10. The highest BCUT2D eigenvalue weighted by Crippen LogP contribution is 2.40. The molecule has 2 nitrogen and oxygen atoms in total. The number of furan rings is 1. The van der Waals surface area contributed by atoms with E-state index < -0.39 is 0 Å². The van der Waals surface area contributed by atoms with Crippen molar-refractivity contribution in [2.24, 2.45) is 5.41 Å². The Morgan fingerprint density at radius 2 is 2.33 bits per heavy atom. The van der Waals surface area contributed by atoms with E-state index in [1.807, 2.05) is 6.07 Å². The molecule has 1 heterocycles. The second-order valence-corrected chi connectivity index (χ2v) is 4.36. The zero-order valence-corrected chi connectivity index (χ0v) is 7.50. The maximum absolute atomic E-state index is 9.73. The SMILES string of the molecule is CC1(C)Cc2occc2[C@@H](O)C1. The van der Waals surface area contributed by atoms with Crippen LogP contribution in [-0.4, -0.2) is 5.11 Å². The number of aliphatic hydroxyl groups excluding tert-OH is 1. The molecule has 1 aromatic rings. The Kier molecular flexibility index (Phi) is 1.55. The van der Waals surface area contributed by atoms with Crippen molar-refractivity contribution in [2.45, 2.75) is 32.8 Å². The highest BCUT2D eigenvalue weighted by molar-refractivity contribution is 5.24. The Morgan fingerprint density at radius 1 is 1.58 bits per heavy atom. The summed E-state index contributed by atoms with van der Waals surface area (Å²) in [5.74, 6) is 0.957. The molecule has 0 unspecified atom stereocenters. The average Bonchev–Trinajstić information content (AvgIpc) is 2.31. The molecular weight excluding hydrogens is 152 g/mol. The standard InChI is InChI=1S/C10H14O2/c1-10(2)5-8(11)7-3-4-12-9(7)6-10/h3-4,8,11H,5-6H2,1-2H3/t8-/m0/s1. The molecule has 0 radical (unpaired) electrons. The largest absolute Gasteiger partial charge is 0.469 e.